The number of nitrogens with one attached hydrogen (secondary N) is 1. The molecule has 3 nitrogen and oxygen atoms in total. The van der Waals surface area contributed by atoms with Gasteiger partial charge >= 0.3 is 0 Å². The molecule has 1 unspecified atom stereocenters. The van der Waals surface area contributed by atoms with Gasteiger partial charge in [0.15, 0.2) is 0 Å². The second-order valence-corrected chi connectivity index (χ2v) is 7.12. The third-order valence-corrected chi connectivity index (χ3v) is 5.35. The third-order valence-electron chi connectivity index (χ3n) is 3.37. The summed E-state index contributed by atoms with van der Waals surface area (Å²) in [7, 11) is 0. The van der Waals surface area contributed by atoms with E-state index in [0.717, 1.165) is 18.0 Å². The molecule has 0 amide bonds. The molecule has 1 N–H and O–H groups in total. The van der Waals surface area contributed by atoms with Crippen LogP contribution in [0.5, 0.6) is 0 Å². The van der Waals surface area contributed by atoms with E-state index in [2.05, 4.69) is 51.8 Å². The summed E-state index contributed by atoms with van der Waals surface area (Å²) in [5.41, 5.74) is 3.81. The Bertz CT molecular complexity index is 592. The number of halogens is 1. The molecule has 1 aromatic rings. The first-order valence-electron chi connectivity index (χ1n) is 6.06. The molecule has 2 aliphatic rings. The Hall–Kier alpha value is -0.820. The summed E-state index contributed by atoms with van der Waals surface area (Å²) in [6, 6.07) is 8.50. The predicted molar refractivity (Wildman–Crippen MR) is 85.9 cm³/mol. The summed E-state index contributed by atoms with van der Waals surface area (Å²) in [4.78, 5) is 4.49. The Balaban J connectivity index is 1.79. The number of hydrogen-bond acceptors (Lipinski definition) is 4. The van der Waals surface area contributed by atoms with E-state index < -0.39 is 5.90 Å². The smallest absolute Gasteiger partial charge is 0.0947 e. The van der Waals surface area contributed by atoms with Crippen molar-refractivity contribution in [1.29, 1.82) is 5.41 Å². The van der Waals surface area contributed by atoms with Crippen LogP contribution in [-0.4, -0.2) is 22.7 Å². The fourth-order valence-electron chi connectivity index (χ4n) is 2.37. The molecule has 0 spiro atoms. The van der Waals surface area contributed by atoms with Crippen LogP contribution in [0.2, 0.25) is 0 Å². The highest BCUT2D eigenvalue weighted by Gasteiger charge is 2.31. The molecule has 0 saturated carbocycles. The Labute approximate surface area is 129 Å². The minimum atomic E-state index is -0.483. The van der Waals surface area contributed by atoms with E-state index in [0.29, 0.717) is 6.42 Å². The number of rotatable bonds is 3. The van der Waals surface area contributed by atoms with Crippen molar-refractivity contribution in [3.63, 3.8) is 0 Å². The van der Waals surface area contributed by atoms with Crippen molar-refractivity contribution >= 4 is 45.3 Å². The van der Waals surface area contributed by atoms with E-state index in [1.165, 1.54) is 32.0 Å². The number of benzene rings is 1. The molecule has 0 radical (unpaired) electrons. The van der Waals surface area contributed by atoms with E-state index in [1.807, 2.05) is 0 Å². The molecule has 2 heterocycles. The normalized spacial score (nSPS) is 21.5. The maximum atomic E-state index is 11.1. The van der Waals surface area contributed by atoms with Gasteiger partial charge in [-0.1, -0.05) is 23.9 Å². The summed E-state index contributed by atoms with van der Waals surface area (Å²) in [6.07, 6.45) is 1.59. The predicted octanol–water partition coefficient (Wildman–Crippen LogP) is 2.39. The van der Waals surface area contributed by atoms with Gasteiger partial charge in [-0.05, 0) is 70.2 Å². The van der Waals surface area contributed by atoms with Gasteiger partial charge in [0.05, 0.1) is 11.6 Å². The summed E-state index contributed by atoms with van der Waals surface area (Å²) in [6.45, 7) is 0.753. The van der Waals surface area contributed by atoms with E-state index in [-0.39, 0.29) is 5.25 Å². The fourth-order valence-corrected chi connectivity index (χ4v) is 3.86. The Morgan fingerprint density at radius 1 is 1.42 bits per heavy atom. The fraction of sp³-hybridized carbons (Fsp3) is 0.286. The van der Waals surface area contributed by atoms with Crippen LogP contribution in [0.15, 0.2) is 40.4 Å². The van der Waals surface area contributed by atoms with Gasteiger partial charge in [-0.3, -0.25) is 4.99 Å². The standard InChI is InChI=1S/C14H13IN2OS/c15-10-3-1-8(2-4-10)5-9-7-17-14-11(9)6-12(19-14)13(16)18/h1-4,12H,5-7H2,(H2,16,18)/p-1. The summed E-state index contributed by atoms with van der Waals surface area (Å²) in [5, 5.41) is 19.1. The number of hydrogen-bond donors (Lipinski definition) is 1. The van der Waals surface area contributed by atoms with Crippen molar-refractivity contribution in [2.75, 3.05) is 6.54 Å². The molecular weight excluding hydrogens is 371 g/mol. The highest BCUT2D eigenvalue weighted by Crippen LogP contribution is 2.39. The van der Waals surface area contributed by atoms with Gasteiger partial charge < -0.3 is 10.5 Å². The van der Waals surface area contributed by atoms with Gasteiger partial charge in [-0.2, -0.15) is 0 Å². The molecular formula is C14H12IN2OS-. The molecule has 98 valence electrons. The highest BCUT2D eigenvalue weighted by atomic mass is 127. The summed E-state index contributed by atoms with van der Waals surface area (Å²) >= 11 is 3.76. The lowest BCUT2D eigenvalue weighted by atomic mass is 9.99. The molecule has 2 aliphatic heterocycles. The Morgan fingerprint density at radius 3 is 2.84 bits per heavy atom. The summed E-state index contributed by atoms with van der Waals surface area (Å²) in [5.74, 6) is -0.483. The average molecular weight is 383 g/mol. The minimum Gasteiger partial charge on any atom is -0.861 e. The van der Waals surface area contributed by atoms with Crippen LogP contribution >= 0.6 is 34.4 Å². The molecule has 1 saturated heterocycles. The molecule has 1 fully saturated rings. The monoisotopic (exact) mass is 383 g/mol. The molecule has 19 heavy (non-hydrogen) atoms. The summed E-state index contributed by atoms with van der Waals surface area (Å²) < 4.78 is 1.23. The average Bonchev–Trinajstić information content (AvgIpc) is 2.94. The SMILES string of the molecule is N=C([O-])C1CC2=C(Cc3ccc(I)cc3)CN=C2S1. The van der Waals surface area contributed by atoms with Crippen LogP contribution < -0.4 is 5.11 Å². The quantitative estimate of drug-likeness (QED) is 0.495. The van der Waals surface area contributed by atoms with Crippen LogP contribution in [0, 0.1) is 8.98 Å². The zero-order valence-corrected chi connectivity index (χ0v) is 13.1. The second kappa shape index (κ2) is 5.28. The van der Waals surface area contributed by atoms with Gasteiger partial charge in [0.25, 0.3) is 0 Å². The van der Waals surface area contributed by atoms with Crippen molar-refractivity contribution in [2.24, 2.45) is 4.99 Å². The van der Waals surface area contributed by atoms with Crippen molar-refractivity contribution < 1.29 is 5.11 Å². The molecule has 0 bridgehead atoms. The van der Waals surface area contributed by atoms with E-state index in [4.69, 9.17) is 5.41 Å². The van der Waals surface area contributed by atoms with Gasteiger partial charge in [-0.15, -0.1) is 0 Å². The molecule has 1 atom stereocenters. The third kappa shape index (κ3) is 2.72. The van der Waals surface area contributed by atoms with Crippen molar-refractivity contribution in [1.82, 2.24) is 0 Å². The van der Waals surface area contributed by atoms with Crippen LogP contribution in [0.25, 0.3) is 0 Å². The number of nitrogens with zero attached hydrogens (tertiary/aromatic N) is 1. The molecule has 1 aromatic carbocycles. The second-order valence-electron chi connectivity index (χ2n) is 4.68. The number of fused-ring (bicyclic) bond motifs is 1. The maximum Gasteiger partial charge on any atom is 0.0947 e. The first-order valence-corrected chi connectivity index (χ1v) is 8.01. The van der Waals surface area contributed by atoms with E-state index in [1.54, 1.807) is 0 Å². The van der Waals surface area contributed by atoms with Crippen molar-refractivity contribution in [3.8, 4) is 0 Å². The minimum absolute atomic E-state index is 0.235. The topological polar surface area (TPSA) is 59.3 Å². The molecule has 0 aromatic heterocycles. The van der Waals surface area contributed by atoms with Crippen LogP contribution in [0.1, 0.15) is 12.0 Å². The zero-order valence-electron chi connectivity index (χ0n) is 10.1. The maximum absolute atomic E-state index is 11.1. The Kier molecular flexibility index (Phi) is 3.66. The van der Waals surface area contributed by atoms with Crippen molar-refractivity contribution in [3.05, 3.63) is 44.5 Å². The van der Waals surface area contributed by atoms with Gasteiger partial charge in [0, 0.05) is 8.82 Å². The van der Waals surface area contributed by atoms with E-state index >= 15 is 0 Å². The van der Waals surface area contributed by atoms with Crippen LogP contribution in [0.3, 0.4) is 0 Å². The van der Waals surface area contributed by atoms with Crippen LogP contribution in [-0.2, 0) is 6.42 Å². The largest absolute Gasteiger partial charge is 0.861 e. The lowest BCUT2D eigenvalue weighted by Gasteiger charge is -2.13. The highest BCUT2D eigenvalue weighted by molar-refractivity contribution is 14.1. The lowest BCUT2D eigenvalue weighted by molar-refractivity contribution is -0.219. The van der Waals surface area contributed by atoms with E-state index in [9.17, 15) is 5.11 Å². The van der Waals surface area contributed by atoms with Gasteiger partial charge in [-0.25, -0.2) is 0 Å². The Morgan fingerprint density at radius 2 is 2.16 bits per heavy atom. The van der Waals surface area contributed by atoms with Crippen molar-refractivity contribution in [2.45, 2.75) is 18.1 Å². The zero-order chi connectivity index (χ0) is 13.4. The first kappa shape index (κ1) is 13.2. The molecule has 3 rings (SSSR count). The lowest BCUT2D eigenvalue weighted by Crippen LogP contribution is -2.27. The van der Waals surface area contributed by atoms with Gasteiger partial charge in [0.2, 0.25) is 0 Å². The molecule has 5 heteroatoms. The first-order chi connectivity index (χ1) is 9.13. The van der Waals surface area contributed by atoms with Crippen LogP contribution in [0.4, 0.5) is 0 Å². The van der Waals surface area contributed by atoms with Gasteiger partial charge in [0.1, 0.15) is 0 Å². The number of aliphatic imine (C=N–C) groups is 1. The number of thioether (sulfide) groups is 1. The molecule has 0 aliphatic carbocycles.